The van der Waals surface area contributed by atoms with E-state index in [4.69, 9.17) is 0 Å². The first-order valence-corrected chi connectivity index (χ1v) is 7.71. The van der Waals surface area contributed by atoms with Crippen molar-refractivity contribution in [3.8, 4) is 0 Å². The zero-order chi connectivity index (χ0) is 9.28. The average Bonchev–Trinajstić information content (AvgIpc) is 2.03. The van der Waals surface area contributed by atoms with Crippen LogP contribution in [0.3, 0.4) is 0 Å². The third-order valence-electron chi connectivity index (χ3n) is 1.19. The summed E-state index contributed by atoms with van der Waals surface area (Å²) in [6.45, 7) is 3.89. The summed E-state index contributed by atoms with van der Waals surface area (Å²) in [5, 5.41) is 0. The van der Waals surface area contributed by atoms with Crippen molar-refractivity contribution in [2.45, 2.75) is 13.8 Å². The van der Waals surface area contributed by atoms with Gasteiger partial charge in [-0.25, -0.2) is 0 Å². The zero-order valence-electron chi connectivity index (χ0n) is 6.97. The molecule has 0 aliphatic carbocycles. The Morgan fingerprint density at radius 3 is 1.27 bits per heavy atom. The fourth-order valence-corrected chi connectivity index (χ4v) is 0.324. The third kappa shape index (κ3) is 10.8. The Kier molecular flexibility index (Phi) is 14.1. The molecular formula is C6H12Br2N2Ni. The zero-order valence-corrected chi connectivity index (χ0v) is 11.1. The van der Waals surface area contributed by atoms with Crippen LogP contribution < -0.4 is 0 Å². The van der Waals surface area contributed by atoms with Gasteiger partial charge in [0.25, 0.3) is 0 Å². The molecule has 0 N–H and O–H groups in total. The Morgan fingerprint density at radius 1 is 1.00 bits per heavy atom. The van der Waals surface area contributed by atoms with Gasteiger partial charge in [-0.1, -0.05) is 0 Å². The summed E-state index contributed by atoms with van der Waals surface area (Å²) < 4.78 is 0. The molecule has 0 aliphatic heterocycles. The number of hydrogen-bond donors (Lipinski definition) is 0. The van der Waals surface area contributed by atoms with Crippen LogP contribution in [0.25, 0.3) is 0 Å². The van der Waals surface area contributed by atoms with Crippen LogP contribution in [0.15, 0.2) is 9.98 Å². The van der Waals surface area contributed by atoms with Crippen LogP contribution in [0.2, 0.25) is 0 Å². The fraction of sp³-hybridized carbons (Fsp3) is 0.667. The molecule has 0 aliphatic rings. The van der Waals surface area contributed by atoms with Crippen molar-refractivity contribution >= 4 is 39.9 Å². The third-order valence-corrected chi connectivity index (χ3v) is 1.19. The van der Waals surface area contributed by atoms with Crippen LogP contribution in [0.4, 0.5) is 0 Å². The molecule has 2 nitrogen and oxygen atoms in total. The van der Waals surface area contributed by atoms with Crippen LogP contribution in [0.5, 0.6) is 0 Å². The molecular weight excluding hydrogens is 319 g/mol. The average molecular weight is 331 g/mol. The van der Waals surface area contributed by atoms with Gasteiger partial charge < -0.3 is 0 Å². The van der Waals surface area contributed by atoms with E-state index in [9.17, 15) is 0 Å². The van der Waals surface area contributed by atoms with Crippen LogP contribution in [-0.2, 0) is 10.9 Å². The van der Waals surface area contributed by atoms with E-state index in [1.807, 2.05) is 13.8 Å². The van der Waals surface area contributed by atoms with Crippen molar-refractivity contribution in [3.63, 3.8) is 0 Å². The molecule has 0 unspecified atom stereocenters. The van der Waals surface area contributed by atoms with Gasteiger partial charge in [-0.3, -0.25) is 9.98 Å². The maximum absolute atomic E-state index is 3.95. The molecule has 0 radical (unpaired) electrons. The number of rotatable bonds is 1. The summed E-state index contributed by atoms with van der Waals surface area (Å²) in [7, 11) is 4.79. The van der Waals surface area contributed by atoms with Crippen LogP contribution in [-0.4, -0.2) is 25.5 Å². The Bertz CT molecular complexity index is 130. The molecule has 70 valence electrons. The summed E-state index contributed by atoms with van der Waals surface area (Å²) in [6.07, 6.45) is 0. The van der Waals surface area contributed by atoms with E-state index >= 15 is 0 Å². The van der Waals surface area contributed by atoms with Crippen molar-refractivity contribution in [2.75, 3.05) is 14.1 Å². The Labute approximate surface area is 88.3 Å². The Hall–Kier alpha value is 0.794. The predicted molar refractivity (Wildman–Crippen MR) is 55.9 cm³/mol. The molecule has 0 rings (SSSR count). The minimum absolute atomic E-state index is 1.01. The molecule has 0 saturated carbocycles. The molecule has 0 heterocycles. The van der Waals surface area contributed by atoms with Gasteiger partial charge in [-0.15, -0.1) is 0 Å². The number of hydrogen-bond acceptors (Lipinski definition) is 2. The molecule has 0 bridgehead atoms. The molecule has 0 fully saturated rings. The molecule has 0 atom stereocenters. The summed E-state index contributed by atoms with van der Waals surface area (Å²) in [4.78, 5) is 7.89. The normalized spacial score (nSPS) is 12.5. The van der Waals surface area contributed by atoms with E-state index in [1.165, 1.54) is 10.9 Å². The standard InChI is InChI=1S/C6H12N2.2BrH.Ni/c1-5(7-3)6(2)8-4;;;/h1-4H3;2*1H;/q;;;+2/p-2. The second-order valence-electron chi connectivity index (χ2n) is 1.66. The molecule has 0 aromatic heterocycles. The van der Waals surface area contributed by atoms with Gasteiger partial charge in [0.15, 0.2) is 0 Å². The fourth-order valence-electron chi connectivity index (χ4n) is 0.324. The van der Waals surface area contributed by atoms with Crippen molar-refractivity contribution in [3.05, 3.63) is 0 Å². The Balaban J connectivity index is 0. The molecule has 0 saturated heterocycles. The molecule has 0 amide bonds. The first-order valence-electron chi connectivity index (χ1n) is 2.83. The summed E-state index contributed by atoms with van der Waals surface area (Å²) >= 11 is 6.00. The van der Waals surface area contributed by atoms with Crippen LogP contribution in [0.1, 0.15) is 13.8 Å². The van der Waals surface area contributed by atoms with E-state index in [2.05, 4.69) is 38.4 Å². The molecule has 5 heteroatoms. The van der Waals surface area contributed by atoms with Gasteiger partial charge in [-0.2, -0.15) is 0 Å². The van der Waals surface area contributed by atoms with Gasteiger partial charge in [0, 0.05) is 14.1 Å². The first-order chi connectivity index (χ1) is 5.13. The summed E-state index contributed by atoms with van der Waals surface area (Å²) in [5.74, 6) is 0. The van der Waals surface area contributed by atoms with Crippen molar-refractivity contribution in [1.82, 2.24) is 0 Å². The Morgan fingerprint density at radius 2 is 1.18 bits per heavy atom. The predicted octanol–water partition coefficient (Wildman–Crippen LogP) is 2.86. The van der Waals surface area contributed by atoms with E-state index in [1.54, 1.807) is 14.1 Å². The van der Waals surface area contributed by atoms with Gasteiger partial charge in [-0.05, 0) is 13.8 Å². The second kappa shape index (κ2) is 10.8. The van der Waals surface area contributed by atoms with E-state index in [0.29, 0.717) is 0 Å². The summed E-state index contributed by atoms with van der Waals surface area (Å²) in [6, 6.07) is 0. The first kappa shape index (κ1) is 14.3. The molecule has 0 spiro atoms. The van der Waals surface area contributed by atoms with Crippen molar-refractivity contribution < 1.29 is 10.9 Å². The SMILES string of the molecule is CN=C(C)C(C)=NC.[Br][Ni][Br]. The minimum atomic E-state index is 1.01. The number of aliphatic imine (C=N–C) groups is 2. The van der Waals surface area contributed by atoms with E-state index < -0.39 is 0 Å². The number of nitrogens with zero attached hydrogens (tertiary/aromatic N) is 2. The molecule has 11 heavy (non-hydrogen) atoms. The van der Waals surface area contributed by atoms with Crippen molar-refractivity contribution in [2.24, 2.45) is 9.98 Å². The van der Waals surface area contributed by atoms with E-state index in [0.717, 1.165) is 11.4 Å². The summed E-state index contributed by atoms with van der Waals surface area (Å²) in [5.41, 5.74) is 2.01. The molecule has 0 aromatic carbocycles. The van der Waals surface area contributed by atoms with Gasteiger partial charge in [0.1, 0.15) is 0 Å². The van der Waals surface area contributed by atoms with Crippen molar-refractivity contribution in [1.29, 1.82) is 0 Å². The molecule has 0 aromatic rings. The van der Waals surface area contributed by atoms with Gasteiger partial charge >= 0.3 is 39.3 Å². The number of halogens is 2. The van der Waals surface area contributed by atoms with E-state index in [-0.39, 0.29) is 0 Å². The quantitative estimate of drug-likeness (QED) is 0.522. The van der Waals surface area contributed by atoms with Crippen LogP contribution >= 0.6 is 28.5 Å². The monoisotopic (exact) mass is 328 g/mol. The van der Waals surface area contributed by atoms with Crippen LogP contribution in [0, 0.1) is 0 Å². The van der Waals surface area contributed by atoms with Gasteiger partial charge in [0.2, 0.25) is 0 Å². The maximum atomic E-state index is 3.95. The second-order valence-corrected chi connectivity index (χ2v) is 6.65. The topological polar surface area (TPSA) is 24.7 Å². The van der Waals surface area contributed by atoms with Gasteiger partial charge in [0.05, 0.1) is 11.4 Å².